The van der Waals surface area contributed by atoms with Gasteiger partial charge in [-0.3, -0.25) is 0 Å². The van der Waals surface area contributed by atoms with E-state index in [0.29, 0.717) is 5.92 Å². The molecule has 0 saturated carbocycles. The second kappa shape index (κ2) is 3.21. The van der Waals surface area contributed by atoms with Gasteiger partial charge < -0.3 is 4.98 Å². The first-order valence-corrected chi connectivity index (χ1v) is 5.40. The molecule has 2 rings (SSSR count). The molecule has 0 amide bonds. The van der Waals surface area contributed by atoms with Crippen molar-refractivity contribution < 1.29 is 0 Å². The molecule has 0 unspecified atom stereocenters. The lowest BCUT2D eigenvalue weighted by molar-refractivity contribution is 0.668. The average Bonchev–Trinajstić information content (AvgIpc) is 2.39. The molecule has 1 nitrogen and oxygen atoms in total. The zero-order chi connectivity index (χ0) is 9.42. The van der Waals surface area contributed by atoms with Crippen LogP contribution < -0.4 is 0 Å². The molecular formula is C12H19N. The summed E-state index contributed by atoms with van der Waals surface area (Å²) in [7, 11) is 0. The first-order valence-electron chi connectivity index (χ1n) is 5.40. The van der Waals surface area contributed by atoms with Crippen molar-refractivity contribution in [3.63, 3.8) is 0 Å². The normalized spacial score (nSPS) is 16.3. The Morgan fingerprint density at radius 2 is 1.85 bits per heavy atom. The summed E-state index contributed by atoms with van der Waals surface area (Å²) >= 11 is 0. The molecule has 13 heavy (non-hydrogen) atoms. The van der Waals surface area contributed by atoms with Crippen LogP contribution in [0.15, 0.2) is 0 Å². The molecule has 0 atom stereocenters. The smallest absolute Gasteiger partial charge is 0.0184 e. The number of fused-ring (bicyclic) bond motifs is 1. The maximum absolute atomic E-state index is 3.55. The highest BCUT2D eigenvalue weighted by Gasteiger charge is 2.19. The maximum Gasteiger partial charge on any atom is 0.0184 e. The molecule has 0 bridgehead atoms. The minimum absolute atomic E-state index is 0.679. The second-order valence-electron chi connectivity index (χ2n) is 4.48. The predicted octanol–water partition coefficient (Wildman–Crippen LogP) is 3.33. The number of nitrogens with one attached hydrogen (secondary N) is 1. The van der Waals surface area contributed by atoms with E-state index in [2.05, 4.69) is 25.8 Å². The monoisotopic (exact) mass is 177 g/mol. The van der Waals surface area contributed by atoms with Crippen molar-refractivity contribution >= 4 is 0 Å². The molecule has 1 heteroatoms. The van der Waals surface area contributed by atoms with E-state index in [0.717, 1.165) is 0 Å². The molecule has 0 radical (unpaired) electrons. The van der Waals surface area contributed by atoms with E-state index < -0.39 is 0 Å². The molecule has 1 N–H and O–H groups in total. The summed E-state index contributed by atoms with van der Waals surface area (Å²) in [5, 5.41) is 0. The third kappa shape index (κ3) is 1.41. The highest BCUT2D eigenvalue weighted by Crippen LogP contribution is 2.31. The van der Waals surface area contributed by atoms with E-state index >= 15 is 0 Å². The van der Waals surface area contributed by atoms with E-state index in [1.54, 1.807) is 11.1 Å². The summed E-state index contributed by atoms with van der Waals surface area (Å²) in [6, 6.07) is 0. The fourth-order valence-corrected chi connectivity index (χ4v) is 2.64. The van der Waals surface area contributed by atoms with E-state index in [1.165, 1.54) is 37.1 Å². The molecule has 1 aliphatic rings. The zero-order valence-electron chi connectivity index (χ0n) is 8.91. The van der Waals surface area contributed by atoms with E-state index in [1.807, 2.05) is 0 Å². The lowest BCUT2D eigenvalue weighted by atomic mass is 9.90. The number of aryl methyl sites for hydroxylation is 2. The molecule has 0 aliphatic heterocycles. The number of H-pyrrole nitrogens is 1. The molecule has 0 fully saturated rings. The molecule has 0 aromatic carbocycles. The molecule has 1 aromatic rings. The van der Waals surface area contributed by atoms with Gasteiger partial charge in [-0.05, 0) is 49.7 Å². The fourth-order valence-electron chi connectivity index (χ4n) is 2.64. The van der Waals surface area contributed by atoms with Crippen LogP contribution in [0.5, 0.6) is 0 Å². The molecule has 1 aliphatic carbocycles. The van der Waals surface area contributed by atoms with Crippen LogP contribution in [0, 0.1) is 6.92 Å². The van der Waals surface area contributed by atoms with Gasteiger partial charge in [0.1, 0.15) is 0 Å². The maximum atomic E-state index is 3.55. The fraction of sp³-hybridized carbons (Fsp3) is 0.667. The standard InChI is InChI=1S/C12H19N/c1-8(2)12-9(3)13-11-7-5-4-6-10(11)12/h8,13H,4-7H2,1-3H3. The van der Waals surface area contributed by atoms with Crippen LogP contribution >= 0.6 is 0 Å². The number of rotatable bonds is 1. The third-order valence-corrected chi connectivity index (χ3v) is 3.11. The summed E-state index contributed by atoms with van der Waals surface area (Å²) in [5.41, 5.74) is 6.16. The predicted molar refractivity (Wildman–Crippen MR) is 56.3 cm³/mol. The van der Waals surface area contributed by atoms with Crippen molar-refractivity contribution in [1.29, 1.82) is 0 Å². The number of hydrogen-bond donors (Lipinski definition) is 1. The van der Waals surface area contributed by atoms with Crippen LogP contribution in [0.25, 0.3) is 0 Å². The van der Waals surface area contributed by atoms with E-state index in [9.17, 15) is 0 Å². The Morgan fingerprint density at radius 1 is 1.15 bits per heavy atom. The Kier molecular flexibility index (Phi) is 2.19. The van der Waals surface area contributed by atoms with Gasteiger partial charge in [-0.1, -0.05) is 13.8 Å². The van der Waals surface area contributed by atoms with Crippen LogP contribution in [0.4, 0.5) is 0 Å². The Hall–Kier alpha value is -0.720. The highest BCUT2D eigenvalue weighted by atomic mass is 14.7. The Morgan fingerprint density at radius 3 is 2.54 bits per heavy atom. The molecular weight excluding hydrogens is 158 g/mol. The molecule has 0 spiro atoms. The average molecular weight is 177 g/mol. The highest BCUT2D eigenvalue weighted by molar-refractivity contribution is 5.40. The van der Waals surface area contributed by atoms with Crippen molar-refractivity contribution in [2.75, 3.05) is 0 Å². The van der Waals surface area contributed by atoms with Crippen LogP contribution in [0.3, 0.4) is 0 Å². The van der Waals surface area contributed by atoms with Gasteiger partial charge in [-0.25, -0.2) is 0 Å². The Balaban J connectivity index is 2.48. The Labute approximate surface area is 80.6 Å². The Bertz CT molecular complexity index is 307. The van der Waals surface area contributed by atoms with Gasteiger partial charge in [0.05, 0.1) is 0 Å². The van der Waals surface area contributed by atoms with Gasteiger partial charge in [0.2, 0.25) is 0 Å². The molecule has 0 saturated heterocycles. The molecule has 1 heterocycles. The van der Waals surface area contributed by atoms with Crippen LogP contribution in [-0.2, 0) is 12.8 Å². The quantitative estimate of drug-likeness (QED) is 0.677. The minimum atomic E-state index is 0.679. The van der Waals surface area contributed by atoms with Crippen molar-refractivity contribution in [1.82, 2.24) is 4.98 Å². The summed E-state index contributed by atoms with van der Waals surface area (Å²) in [6.45, 7) is 6.81. The lowest BCUT2D eigenvalue weighted by Gasteiger charge is -2.14. The molecule has 72 valence electrons. The van der Waals surface area contributed by atoms with Gasteiger partial charge in [0, 0.05) is 11.4 Å². The van der Waals surface area contributed by atoms with Crippen molar-refractivity contribution in [3.05, 3.63) is 22.5 Å². The number of aromatic nitrogens is 1. The summed E-state index contributed by atoms with van der Waals surface area (Å²) < 4.78 is 0. The first kappa shape index (κ1) is 8.86. The van der Waals surface area contributed by atoms with Gasteiger partial charge in [-0.15, -0.1) is 0 Å². The summed E-state index contributed by atoms with van der Waals surface area (Å²) in [4.78, 5) is 3.55. The van der Waals surface area contributed by atoms with Crippen LogP contribution in [-0.4, -0.2) is 4.98 Å². The van der Waals surface area contributed by atoms with Crippen LogP contribution in [0.2, 0.25) is 0 Å². The first-order chi connectivity index (χ1) is 6.20. The van der Waals surface area contributed by atoms with E-state index in [4.69, 9.17) is 0 Å². The topological polar surface area (TPSA) is 15.8 Å². The van der Waals surface area contributed by atoms with Gasteiger partial charge in [0.15, 0.2) is 0 Å². The minimum Gasteiger partial charge on any atom is -0.362 e. The van der Waals surface area contributed by atoms with Crippen molar-refractivity contribution in [2.45, 2.75) is 52.4 Å². The van der Waals surface area contributed by atoms with Crippen molar-refractivity contribution in [2.24, 2.45) is 0 Å². The number of hydrogen-bond acceptors (Lipinski definition) is 0. The third-order valence-electron chi connectivity index (χ3n) is 3.11. The van der Waals surface area contributed by atoms with Crippen LogP contribution in [0.1, 0.15) is 55.1 Å². The van der Waals surface area contributed by atoms with Gasteiger partial charge in [-0.2, -0.15) is 0 Å². The molecule has 1 aromatic heterocycles. The summed E-state index contributed by atoms with van der Waals surface area (Å²) in [5.74, 6) is 0.679. The largest absolute Gasteiger partial charge is 0.362 e. The number of aromatic amines is 1. The SMILES string of the molecule is Cc1[nH]c2c(c1C(C)C)CCCC2. The van der Waals surface area contributed by atoms with Gasteiger partial charge in [0.25, 0.3) is 0 Å². The zero-order valence-corrected chi connectivity index (χ0v) is 8.91. The van der Waals surface area contributed by atoms with E-state index in [-0.39, 0.29) is 0 Å². The van der Waals surface area contributed by atoms with Crippen molar-refractivity contribution in [3.8, 4) is 0 Å². The summed E-state index contributed by atoms with van der Waals surface area (Å²) in [6.07, 6.45) is 5.31. The lowest BCUT2D eigenvalue weighted by Crippen LogP contribution is -2.03. The van der Waals surface area contributed by atoms with Gasteiger partial charge >= 0.3 is 0 Å². The second-order valence-corrected chi connectivity index (χ2v) is 4.48.